The van der Waals surface area contributed by atoms with Gasteiger partial charge in [-0.2, -0.15) is 0 Å². The number of hydrogen-bond donors (Lipinski definition) is 2. The summed E-state index contributed by atoms with van der Waals surface area (Å²) in [6, 6.07) is 0. The van der Waals surface area contributed by atoms with Crippen LogP contribution in [0.4, 0.5) is 0 Å². The summed E-state index contributed by atoms with van der Waals surface area (Å²) in [5, 5.41) is 8.90. The van der Waals surface area contributed by atoms with Crippen LogP contribution >= 0.6 is 0 Å². The molecule has 1 rings (SSSR count). The molecule has 0 aliphatic heterocycles. The highest BCUT2D eigenvalue weighted by Gasteiger charge is 2.06. The van der Waals surface area contributed by atoms with Gasteiger partial charge < -0.3 is 9.84 Å². The molecule has 0 unspecified atom stereocenters. The van der Waals surface area contributed by atoms with E-state index in [0.29, 0.717) is 12.0 Å². The maximum absolute atomic E-state index is 11.3. The third kappa shape index (κ3) is 3.04. The molecule has 0 aliphatic carbocycles. The minimum atomic E-state index is -0.511. The fraction of sp³-hybridized carbons (Fsp3) is 0.600. The first-order valence-electron chi connectivity index (χ1n) is 5.11. The SMILES string of the molecule is CC[C@@H](CO)OCn1cc(C)c(=O)[nH]c1=O. The number of H-pyrrole nitrogens is 1. The molecule has 6 heteroatoms. The first-order valence-corrected chi connectivity index (χ1v) is 5.11. The highest BCUT2D eigenvalue weighted by Crippen LogP contribution is 1.97. The average molecular weight is 228 g/mol. The van der Waals surface area contributed by atoms with Crippen molar-refractivity contribution in [2.45, 2.75) is 33.1 Å². The number of aryl methyl sites for hydroxylation is 1. The van der Waals surface area contributed by atoms with Crippen LogP contribution in [0.15, 0.2) is 15.8 Å². The van der Waals surface area contributed by atoms with E-state index in [-0.39, 0.29) is 19.4 Å². The van der Waals surface area contributed by atoms with Crippen LogP contribution in [0.1, 0.15) is 18.9 Å². The van der Waals surface area contributed by atoms with Crippen molar-refractivity contribution >= 4 is 0 Å². The normalized spacial score (nSPS) is 12.7. The van der Waals surface area contributed by atoms with Crippen molar-refractivity contribution in [2.24, 2.45) is 0 Å². The maximum Gasteiger partial charge on any atom is 0.330 e. The zero-order valence-electron chi connectivity index (χ0n) is 9.40. The first kappa shape index (κ1) is 12.7. The van der Waals surface area contributed by atoms with Crippen LogP contribution < -0.4 is 11.2 Å². The fourth-order valence-corrected chi connectivity index (χ4v) is 1.20. The first-order chi connectivity index (χ1) is 7.58. The summed E-state index contributed by atoms with van der Waals surface area (Å²) in [6.45, 7) is 3.42. The Balaban J connectivity index is 2.78. The molecular formula is C10H16N2O4. The van der Waals surface area contributed by atoms with E-state index in [1.807, 2.05) is 6.92 Å². The van der Waals surface area contributed by atoms with Crippen LogP contribution in [0, 0.1) is 6.92 Å². The summed E-state index contributed by atoms with van der Waals surface area (Å²) in [7, 11) is 0. The molecule has 16 heavy (non-hydrogen) atoms. The Morgan fingerprint density at radius 2 is 2.25 bits per heavy atom. The topological polar surface area (TPSA) is 84.3 Å². The summed E-state index contributed by atoms with van der Waals surface area (Å²) in [4.78, 5) is 24.6. The molecule has 1 heterocycles. The molecule has 90 valence electrons. The quantitative estimate of drug-likeness (QED) is 0.717. The van der Waals surface area contributed by atoms with Gasteiger partial charge in [0.05, 0.1) is 12.7 Å². The number of aliphatic hydroxyl groups is 1. The summed E-state index contributed by atoms with van der Waals surface area (Å²) in [6.07, 6.45) is 1.80. The molecule has 0 amide bonds. The van der Waals surface area contributed by atoms with Gasteiger partial charge in [0.2, 0.25) is 0 Å². The van der Waals surface area contributed by atoms with Crippen LogP contribution in [-0.4, -0.2) is 27.4 Å². The lowest BCUT2D eigenvalue weighted by molar-refractivity contribution is -0.0269. The second-order valence-corrected chi connectivity index (χ2v) is 3.55. The van der Waals surface area contributed by atoms with E-state index in [1.165, 1.54) is 10.8 Å². The van der Waals surface area contributed by atoms with Gasteiger partial charge in [0.25, 0.3) is 5.56 Å². The molecule has 0 radical (unpaired) electrons. The lowest BCUT2D eigenvalue weighted by Gasteiger charge is -2.14. The molecular weight excluding hydrogens is 212 g/mol. The Hall–Kier alpha value is -1.40. The second-order valence-electron chi connectivity index (χ2n) is 3.55. The number of aromatic amines is 1. The molecule has 1 atom stereocenters. The smallest absolute Gasteiger partial charge is 0.330 e. The summed E-state index contributed by atoms with van der Waals surface area (Å²) in [5.74, 6) is 0. The number of hydrogen-bond acceptors (Lipinski definition) is 4. The number of ether oxygens (including phenoxy) is 1. The summed E-state index contributed by atoms with van der Waals surface area (Å²) in [5.41, 5.74) is -0.459. The van der Waals surface area contributed by atoms with E-state index in [1.54, 1.807) is 6.92 Å². The van der Waals surface area contributed by atoms with Crippen molar-refractivity contribution in [3.8, 4) is 0 Å². The van der Waals surface area contributed by atoms with Gasteiger partial charge in [0.15, 0.2) is 0 Å². The van der Waals surface area contributed by atoms with Gasteiger partial charge >= 0.3 is 5.69 Å². The van der Waals surface area contributed by atoms with Crippen LogP contribution in [0.25, 0.3) is 0 Å². The van der Waals surface area contributed by atoms with Crippen LogP contribution in [0.3, 0.4) is 0 Å². The van der Waals surface area contributed by atoms with E-state index in [0.717, 1.165) is 0 Å². The summed E-state index contributed by atoms with van der Waals surface area (Å²) < 4.78 is 6.55. The van der Waals surface area contributed by atoms with Gasteiger partial charge in [-0.05, 0) is 13.3 Å². The molecule has 2 N–H and O–H groups in total. The van der Waals surface area contributed by atoms with Gasteiger partial charge in [-0.1, -0.05) is 6.92 Å². The molecule has 0 bridgehead atoms. The Morgan fingerprint density at radius 3 is 2.81 bits per heavy atom. The predicted octanol–water partition coefficient (Wildman–Crippen LogP) is -0.410. The standard InChI is InChI=1S/C10H16N2O4/c1-3-8(5-13)16-6-12-4-7(2)9(14)11-10(12)15/h4,8,13H,3,5-6H2,1-2H3,(H,11,14,15)/t8-/m0/s1. The van der Waals surface area contributed by atoms with Crippen LogP contribution in [-0.2, 0) is 11.5 Å². The molecule has 0 aromatic carbocycles. The third-order valence-electron chi connectivity index (χ3n) is 2.30. The highest BCUT2D eigenvalue weighted by atomic mass is 16.5. The Morgan fingerprint density at radius 1 is 1.56 bits per heavy atom. The molecule has 0 aliphatic rings. The Bertz CT molecular complexity index is 445. The number of aliphatic hydroxyl groups excluding tert-OH is 1. The number of rotatable bonds is 5. The average Bonchev–Trinajstić information content (AvgIpc) is 2.26. The zero-order valence-corrected chi connectivity index (χ0v) is 9.40. The Labute approximate surface area is 92.5 Å². The molecule has 1 aromatic rings. The molecule has 0 saturated heterocycles. The molecule has 6 nitrogen and oxygen atoms in total. The summed E-state index contributed by atoms with van der Waals surface area (Å²) >= 11 is 0. The predicted molar refractivity (Wildman–Crippen MR) is 58.3 cm³/mol. The monoisotopic (exact) mass is 228 g/mol. The zero-order chi connectivity index (χ0) is 12.1. The van der Waals surface area contributed by atoms with Crippen molar-refractivity contribution in [2.75, 3.05) is 6.61 Å². The van der Waals surface area contributed by atoms with Crippen LogP contribution in [0.2, 0.25) is 0 Å². The lowest BCUT2D eigenvalue weighted by Crippen LogP contribution is -2.32. The van der Waals surface area contributed by atoms with Crippen molar-refractivity contribution in [1.29, 1.82) is 0 Å². The largest absolute Gasteiger partial charge is 0.394 e. The number of nitrogens with one attached hydrogen (secondary N) is 1. The van der Waals surface area contributed by atoms with Crippen LogP contribution in [0.5, 0.6) is 0 Å². The molecule has 0 spiro atoms. The third-order valence-corrected chi connectivity index (χ3v) is 2.30. The second kappa shape index (κ2) is 5.62. The van der Waals surface area contributed by atoms with E-state index in [4.69, 9.17) is 9.84 Å². The van der Waals surface area contributed by atoms with Gasteiger partial charge in [-0.25, -0.2) is 4.79 Å². The molecule has 1 aromatic heterocycles. The fourth-order valence-electron chi connectivity index (χ4n) is 1.20. The van der Waals surface area contributed by atoms with Crippen molar-refractivity contribution in [1.82, 2.24) is 9.55 Å². The highest BCUT2D eigenvalue weighted by molar-refractivity contribution is 5.00. The van der Waals surface area contributed by atoms with Gasteiger partial charge in [0, 0.05) is 11.8 Å². The minimum absolute atomic E-state index is 0.0233. The lowest BCUT2D eigenvalue weighted by atomic mass is 10.3. The molecule has 0 fully saturated rings. The maximum atomic E-state index is 11.3. The number of aromatic nitrogens is 2. The van der Waals surface area contributed by atoms with Gasteiger partial charge in [-0.15, -0.1) is 0 Å². The van der Waals surface area contributed by atoms with Crippen molar-refractivity contribution in [3.63, 3.8) is 0 Å². The van der Waals surface area contributed by atoms with Gasteiger partial charge in [-0.3, -0.25) is 14.3 Å². The van der Waals surface area contributed by atoms with E-state index >= 15 is 0 Å². The van der Waals surface area contributed by atoms with Crippen molar-refractivity contribution < 1.29 is 9.84 Å². The van der Waals surface area contributed by atoms with Gasteiger partial charge in [0.1, 0.15) is 6.73 Å². The Kier molecular flexibility index (Phi) is 4.45. The van der Waals surface area contributed by atoms with E-state index < -0.39 is 11.2 Å². The molecule has 0 saturated carbocycles. The van der Waals surface area contributed by atoms with Crippen molar-refractivity contribution in [3.05, 3.63) is 32.6 Å². The number of nitrogens with zero attached hydrogens (tertiary/aromatic N) is 1. The van der Waals surface area contributed by atoms with E-state index in [9.17, 15) is 9.59 Å². The minimum Gasteiger partial charge on any atom is -0.394 e. The van der Waals surface area contributed by atoms with E-state index in [2.05, 4.69) is 4.98 Å².